The summed E-state index contributed by atoms with van der Waals surface area (Å²) in [6.45, 7) is 4.04. The molecule has 0 aliphatic carbocycles. The first-order chi connectivity index (χ1) is 6.68. The molecule has 0 spiro atoms. The molecule has 1 fully saturated rings. The van der Waals surface area contributed by atoms with E-state index in [9.17, 15) is 4.79 Å². The highest BCUT2D eigenvalue weighted by Gasteiger charge is 2.22. The van der Waals surface area contributed by atoms with Gasteiger partial charge in [0.1, 0.15) is 5.02 Å². The van der Waals surface area contributed by atoms with E-state index in [4.69, 9.17) is 11.6 Å². The summed E-state index contributed by atoms with van der Waals surface area (Å²) < 4.78 is 0. The lowest BCUT2D eigenvalue weighted by Crippen LogP contribution is -2.23. The van der Waals surface area contributed by atoms with Gasteiger partial charge in [-0.3, -0.25) is 4.79 Å². The van der Waals surface area contributed by atoms with Crippen LogP contribution in [0.1, 0.15) is 13.3 Å². The Morgan fingerprint density at radius 2 is 2.50 bits per heavy atom. The van der Waals surface area contributed by atoms with E-state index in [1.165, 1.54) is 6.33 Å². The number of H-pyrrole nitrogens is 1. The largest absolute Gasteiger partial charge is 0.355 e. The third kappa shape index (κ3) is 1.62. The maximum Gasteiger partial charge on any atom is 0.271 e. The minimum atomic E-state index is -0.267. The van der Waals surface area contributed by atoms with Gasteiger partial charge in [0.25, 0.3) is 5.56 Å². The van der Waals surface area contributed by atoms with Crippen molar-refractivity contribution in [1.29, 1.82) is 0 Å². The Morgan fingerprint density at radius 1 is 1.71 bits per heavy atom. The lowest BCUT2D eigenvalue weighted by Gasteiger charge is -2.16. The number of hydrogen-bond donors (Lipinski definition) is 1. The zero-order chi connectivity index (χ0) is 10.1. The Bertz CT molecular complexity index is 390. The number of halogens is 1. The number of aromatic nitrogens is 2. The molecular weight excluding hydrogens is 202 g/mol. The van der Waals surface area contributed by atoms with E-state index < -0.39 is 0 Å². The Kier molecular flexibility index (Phi) is 2.46. The molecule has 1 aromatic rings. The molecule has 1 aliphatic rings. The molecule has 1 aliphatic heterocycles. The van der Waals surface area contributed by atoms with Crippen LogP contribution in [0.2, 0.25) is 5.02 Å². The van der Waals surface area contributed by atoms with E-state index in [0.717, 1.165) is 19.5 Å². The Labute approximate surface area is 86.9 Å². The molecule has 5 heteroatoms. The summed E-state index contributed by atoms with van der Waals surface area (Å²) in [5.74, 6) is 1.26. The first kappa shape index (κ1) is 9.52. The van der Waals surface area contributed by atoms with Crippen LogP contribution in [0.25, 0.3) is 0 Å². The van der Waals surface area contributed by atoms with Crippen LogP contribution in [-0.4, -0.2) is 23.1 Å². The topological polar surface area (TPSA) is 49.0 Å². The van der Waals surface area contributed by atoms with Crippen LogP contribution in [0.4, 0.5) is 5.82 Å². The Hall–Kier alpha value is -1.03. The molecule has 2 rings (SSSR count). The van der Waals surface area contributed by atoms with E-state index in [0.29, 0.717) is 11.7 Å². The highest BCUT2D eigenvalue weighted by molar-refractivity contribution is 6.32. The molecule has 0 amide bonds. The molecule has 0 bridgehead atoms. The standard InChI is InChI=1S/C9H12ClN3O/c1-6-2-3-13(4-6)8-7(10)9(14)12-5-11-8/h5-6H,2-4H2,1H3,(H,11,12,14). The number of rotatable bonds is 1. The number of aromatic amines is 1. The van der Waals surface area contributed by atoms with Gasteiger partial charge >= 0.3 is 0 Å². The van der Waals surface area contributed by atoms with Crippen LogP contribution in [0.5, 0.6) is 0 Å². The van der Waals surface area contributed by atoms with Crippen molar-refractivity contribution in [2.75, 3.05) is 18.0 Å². The first-order valence-corrected chi connectivity index (χ1v) is 5.04. The fourth-order valence-electron chi connectivity index (χ4n) is 1.72. The van der Waals surface area contributed by atoms with Gasteiger partial charge in [-0.15, -0.1) is 0 Å². The van der Waals surface area contributed by atoms with Crippen molar-refractivity contribution in [1.82, 2.24) is 9.97 Å². The molecule has 1 N–H and O–H groups in total. The molecule has 1 unspecified atom stereocenters. The molecule has 0 aromatic carbocycles. The van der Waals surface area contributed by atoms with Crippen molar-refractivity contribution in [3.8, 4) is 0 Å². The van der Waals surface area contributed by atoms with E-state index >= 15 is 0 Å². The van der Waals surface area contributed by atoms with Gasteiger partial charge in [-0.25, -0.2) is 4.98 Å². The summed E-state index contributed by atoms with van der Waals surface area (Å²) in [5.41, 5.74) is -0.267. The van der Waals surface area contributed by atoms with Gasteiger partial charge in [-0.05, 0) is 12.3 Å². The number of nitrogens with zero attached hydrogens (tertiary/aromatic N) is 2. The summed E-state index contributed by atoms with van der Waals surface area (Å²) in [7, 11) is 0. The van der Waals surface area contributed by atoms with Gasteiger partial charge in [0.05, 0.1) is 6.33 Å². The predicted octanol–water partition coefficient (Wildman–Crippen LogP) is 1.27. The quantitative estimate of drug-likeness (QED) is 0.765. The second-order valence-corrected chi connectivity index (χ2v) is 4.09. The molecule has 0 saturated carbocycles. The summed E-state index contributed by atoms with van der Waals surface area (Å²) in [6.07, 6.45) is 2.53. The van der Waals surface area contributed by atoms with Crippen LogP contribution < -0.4 is 10.5 Å². The Balaban J connectivity index is 2.33. The normalized spacial score (nSPS) is 21.6. The fraction of sp³-hybridized carbons (Fsp3) is 0.556. The second-order valence-electron chi connectivity index (χ2n) is 3.71. The van der Waals surface area contributed by atoms with Gasteiger partial charge in [-0.1, -0.05) is 18.5 Å². The van der Waals surface area contributed by atoms with E-state index in [-0.39, 0.29) is 10.6 Å². The van der Waals surface area contributed by atoms with Crippen LogP contribution >= 0.6 is 11.6 Å². The molecule has 14 heavy (non-hydrogen) atoms. The molecule has 1 saturated heterocycles. The van der Waals surface area contributed by atoms with Crippen LogP contribution in [0.3, 0.4) is 0 Å². The van der Waals surface area contributed by atoms with Gasteiger partial charge in [-0.2, -0.15) is 0 Å². The summed E-state index contributed by atoms with van der Waals surface area (Å²) in [6, 6.07) is 0. The molecule has 2 heterocycles. The van der Waals surface area contributed by atoms with Gasteiger partial charge in [0.2, 0.25) is 0 Å². The van der Waals surface area contributed by atoms with Crippen molar-refractivity contribution in [2.24, 2.45) is 5.92 Å². The summed E-state index contributed by atoms with van der Waals surface area (Å²) in [5, 5.41) is 0.196. The zero-order valence-electron chi connectivity index (χ0n) is 7.96. The molecule has 0 radical (unpaired) electrons. The minimum absolute atomic E-state index is 0.196. The third-order valence-corrected chi connectivity index (χ3v) is 2.84. The smallest absolute Gasteiger partial charge is 0.271 e. The summed E-state index contributed by atoms with van der Waals surface area (Å²) >= 11 is 5.87. The van der Waals surface area contributed by atoms with Crippen molar-refractivity contribution < 1.29 is 0 Å². The Morgan fingerprint density at radius 3 is 3.14 bits per heavy atom. The highest BCUT2D eigenvalue weighted by atomic mass is 35.5. The average molecular weight is 214 g/mol. The van der Waals surface area contributed by atoms with Crippen molar-refractivity contribution in [2.45, 2.75) is 13.3 Å². The van der Waals surface area contributed by atoms with E-state index in [1.807, 2.05) is 0 Å². The first-order valence-electron chi connectivity index (χ1n) is 4.66. The monoisotopic (exact) mass is 213 g/mol. The lowest BCUT2D eigenvalue weighted by molar-refractivity contribution is 0.658. The lowest BCUT2D eigenvalue weighted by atomic mass is 10.2. The zero-order valence-corrected chi connectivity index (χ0v) is 8.71. The third-order valence-electron chi connectivity index (χ3n) is 2.50. The van der Waals surface area contributed by atoms with E-state index in [2.05, 4.69) is 21.8 Å². The van der Waals surface area contributed by atoms with E-state index in [1.54, 1.807) is 0 Å². The number of hydrogen-bond acceptors (Lipinski definition) is 3. The summed E-state index contributed by atoms with van der Waals surface area (Å²) in [4.78, 5) is 19.8. The van der Waals surface area contributed by atoms with Gasteiger partial charge in [0, 0.05) is 13.1 Å². The van der Waals surface area contributed by atoms with Crippen LogP contribution in [0, 0.1) is 5.92 Å². The van der Waals surface area contributed by atoms with Crippen molar-refractivity contribution in [3.63, 3.8) is 0 Å². The molecule has 1 aromatic heterocycles. The molecule has 4 nitrogen and oxygen atoms in total. The average Bonchev–Trinajstić information content (AvgIpc) is 2.57. The minimum Gasteiger partial charge on any atom is -0.355 e. The second kappa shape index (κ2) is 3.61. The highest BCUT2D eigenvalue weighted by Crippen LogP contribution is 2.25. The SMILES string of the molecule is CC1CCN(c2nc[nH]c(=O)c2Cl)C1. The number of nitrogens with one attached hydrogen (secondary N) is 1. The van der Waals surface area contributed by atoms with Crippen molar-refractivity contribution in [3.05, 3.63) is 21.7 Å². The molecule has 76 valence electrons. The maximum absolute atomic E-state index is 11.2. The maximum atomic E-state index is 11.2. The molecular formula is C9H12ClN3O. The van der Waals surface area contributed by atoms with Gasteiger partial charge < -0.3 is 9.88 Å². The van der Waals surface area contributed by atoms with Crippen molar-refractivity contribution >= 4 is 17.4 Å². The molecule has 1 atom stereocenters. The van der Waals surface area contributed by atoms with Crippen LogP contribution in [-0.2, 0) is 0 Å². The predicted molar refractivity (Wildman–Crippen MR) is 55.9 cm³/mol. The van der Waals surface area contributed by atoms with Gasteiger partial charge in [0.15, 0.2) is 5.82 Å². The number of anilines is 1. The van der Waals surface area contributed by atoms with Crippen LogP contribution in [0.15, 0.2) is 11.1 Å². The fourth-order valence-corrected chi connectivity index (χ4v) is 1.94.